The summed E-state index contributed by atoms with van der Waals surface area (Å²) in [6.45, 7) is 7.05. The molecule has 0 aromatic carbocycles. The van der Waals surface area contributed by atoms with Crippen LogP contribution in [0.4, 0.5) is 0 Å². The van der Waals surface area contributed by atoms with Crippen LogP contribution in [0.25, 0.3) is 0 Å². The molecular weight excluding hydrogens is 319 g/mol. The van der Waals surface area contributed by atoms with Crippen LogP contribution in [0, 0.1) is 0 Å². The summed E-state index contributed by atoms with van der Waals surface area (Å²) in [4.78, 5) is 0. The molecule has 0 atom stereocenters. The van der Waals surface area contributed by atoms with Crippen LogP contribution in [-0.4, -0.2) is 19.8 Å². The Hall–Kier alpha value is 1.28. The van der Waals surface area contributed by atoms with Crippen molar-refractivity contribution < 1.29 is 0 Å². The van der Waals surface area contributed by atoms with Gasteiger partial charge < -0.3 is 0 Å². The average Bonchev–Trinajstić information content (AvgIpc) is 2.05. The molecule has 0 unspecified atom stereocenters. The van der Waals surface area contributed by atoms with Crippen LogP contribution in [0.5, 0.6) is 0 Å². The third-order valence-electron chi connectivity index (χ3n) is 2.27. The van der Waals surface area contributed by atoms with Gasteiger partial charge in [-0.05, 0) is 0 Å². The zero-order valence-corrected chi connectivity index (χ0v) is 13.4. The summed E-state index contributed by atoms with van der Waals surface area (Å²) in [7, 11) is 0. The molecule has 75 valence electrons. The van der Waals surface area contributed by atoms with Crippen LogP contribution in [0.2, 0.25) is 13.3 Å². The number of rotatable bonds is 7. The topological polar surface area (TPSA) is 0 Å². The molecule has 0 aromatic rings. The molecule has 0 aromatic heterocycles. The minimum atomic E-state index is -0.777. The van der Waals surface area contributed by atoms with Crippen molar-refractivity contribution in [3.63, 3.8) is 0 Å². The third-order valence-corrected chi connectivity index (χ3v) is 11.2. The van der Waals surface area contributed by atoms with Crippen molar-refractivity contribution in [3.05, 3.63) is 0 Å². The second-order valence-electron chi connectivity index (χ2n) is 3.31. The molecule has 0 nitrogen and oxygen atoms in total. The van der Waals surface area contributed by atoms with Gasteiger partial charge in [0.25, 0.3) is 0 Å². The zero-order valence-electron chi connectivity index (χ0n) is 8.86. The van der Waals surface area contributed by atoms with Crippen molar-refractivity contribution in [1.29, 1.82) is 0 Å². The average molecular weight is 343 g/mol. The molecule has 0 spiro atoms. The van der Waals surface area contributed by atoms with Crippen molar-refractivity contribution in [2.24, 2.45) is 0 Å². The molecule has 0 aliphatic heterocycles. The van der Waals surface area contributed by atoms with Gasteiger partial charge in [-0.3, -0.25) is 0 Å². The summed E-state index contributed by atoms with van der Waals surface area (Å²) in [6, 6.07) is 0. The second-order valence-corrected chi connectivity index (χ2v) is 12.5. The van der Waals surface area contributed by atoms with Gasteiger partial charge in [0.1, 0.15) is 0 Å². The molecule has 1 radical (unpaired) electrons. The Morgan fingerprint density at radius 1 is 0.833 bits per heavy atom. The summed E-state index contributed by atoms with van der Waals surface area (Å²) >= 11 is -0.777. The fraction of sp³-hybridized carbons (Fsp3) is 1.00. The molecule has 0 heterocycles. The van der Waals surface area contributed by atoms with E-state index in [9.17, 15) is 0 Å². The first-order valence-corrected chi connectivity index (χ1v) is 11.2. The Morgan fingerprint density at radius 3 is 1.50 bits per heavy atom. The normalized spacial score (nSPS) is 10.0. The van der Waals surface area contributed by atoms with Crippen LogP contribution in [-0.2, 0) is 0 Å². The molecule has 0 rings (SSSR count). The number of hydrogen-bond donors (Lipinski definition) is 0. The SMILES string of the molecule is Br.CCC[CH2][Sn]([CH2]C)[CH2]CCC. The Morgan fingerprint density at radius 2 is 1.25 bits per heavy atom. The van der Waals surface area contributed by atoms with E-state index >= 15 is 0 Å². The molecule has 0 saturated carbocycles. The molecular formula is C10H24BrSn. The van der Waals surface area contributed by atoms with Crippen LogP contribution in [0.1, 0.15) is 46.5 Å². The Labute approximate surface area is 96.0 Å². The number of halogens is 1. The van der Waals surface area contributed by atoms with E-state index in [0.717, 1.165) is 0 Å². The molecule has 0 saturated heterocycles. The van der Waals surface area contributed by atoms with Crippen LogP contribution < -0.4 is 0 Å². The predicted molar refractivity (Wildman–Crippen MR) is 66.0 cm³/mol. The van der Waals surface area contributed by atoms with Gasteiger partial charge in [0.2, 0.25) is 0 Å². The number of hydrogen-bond acceptors (Lipinski definition) is 0. The van der Waals surface area contributed by atoms with Gasteiger partial charge >= 0.3 is 79.5 Å². The Balaban J connectivity index is 0. The van der Waals surface area contributed by atoms with E-state index in [1.807, 2.05) is 0 Å². The molecule has 0 aliphatic carbocycles. The maximum absolute atomic E-state index is 2.42. The summed E-state index contributed by atoms with van der Waals surface area (Å²) < 4.78 is 4.91. The van der Waals surface area contributed by atoms with Crippen molar-refractivity contribution in [3.8, 4) is 0 Å². The molecule has 0 fully saturated rings. The van der Waals surface area contributed by atoms with Crippen molar-refractivity contribution in [2.75, 3.05) is 0 Å². The summed E-state index contributed by atoms with van der Waals surface area (Å²) in [6.07, 6.45) is 5.87. The van der Waals surface area contributed by atoms with Gasteiger partial charge in [-0.2, -0.15) is 0 Å². The van der Waals surface area contributed by atoms with Crippen molar-refractivity contribution >= 4 is 36.7 Å². The number of unbranched alkanes of at least 4 members (excludes halogenated alkanes) is 2. The van der Waals surface area contributed by atoms with Gasteiger partial charge in [0.15, 0.2) is 0 Å². The summed E-state index contributed by atoms with van der Waals surface area (Å²) in [5.74, 6) is 0. The van der Waals surface area contributed by atoms with Gasteiger partial charge in [-0.1, -0.05) is 0 Å². The molecule has 2 heteroatoms. The first-order valence-electron chi connectivity index (χ1n) is 5.18. The van der Waals surface area contributed by atoms with Crippen molar-refractivity contribution in [1.82, 2.24) is 0 Å². The summed E-state index contributed by atoms with van der Waals surface area (Å²) in [5, 5.41) is 0. The van der Waals surface area contributed by atoms with Gasteiger partial charge in [-0.25, -0.2) is 0 Å². The Bertz CT molecular complexity index is 68.2. The van der Waals surface area contributed by atoms with E-state index in [1.165, 1.54) is 25.7 Å². The zero-order chi connectivity index (χ0) is 8.53. The predicted octanol–water partition coefficient (Wildman–Crippen LogP) is 4.68. The van der Waals surface area contributed by atoms with E-state index < -0.39 is 19.8 Å². The quantitative estimate of drug-likeness (QED) is 0.589. The fourth-order valence-electron chi connectivity index (χ4n) is 1.33. The minimum absolute atomic E-state index is 0. The molecule has 0 bridgehead atoms. The third kappa shape index (κ3) is 9.37. The standard InChI is InChI=1S/2C4H9.C2H5.BrH.Sn/c2*1-3-4-2;1-2;;/h2*1,3-4H2,2H3;1H2,2H3;1H;. The molecule has 0 amide bonds. The second kappa shape index (κ2) is 12.3. The van der Waals surface area contributed by atoms with Crippen LogP contribution in [0.15, 0.2) is 0 Å². The van der Waals surface area contributed by atoms with E-state index in [4.69, 9.17) is 0 Å². The molecule has 0 aliphatic rings. The maximum atomic E-state index is 2.42. The van der Waals surface area contributed by atoms with Crippen LogP contribution >= 0.6 is 17.0 Å². The van der Waals surface area contributed by atoms with Gasteiger partial charge in [0.05, 0.1) is 0 Å². The van der Waals surface area contributed by atoms with E-state index in [0.29, 0.717) is 0 Å². The first kappa shape index (κ1) is 15.7. The molecule has 12 heavy (non-hydrogen) atoms. The van der Waals surface area contributed by atoms with Crippen molar-refractivity contribution in [2.45, 2.75) is 59.8 Å². The van der Waals surface area contributed by atoms with E-state index in [-0.39, 0.29) is 17.0 Å². The van der Waals surface area contributed by atoms with Gasteiger partial charge in [-0.15, -0.1) is 17.0 Å². The Kier molecular flexibility index (Phi) is 16.1. The summed E-state index contributed by atoms with van der Waals surface area (Å²) in [5.41, 5.74) is 0. The van der Waals surface area contributed by atoms with Crippen LogP contribution in [0.3, 0.4) is 0 Å². The van der Waals surface area contributed by atoms with E-state index in [2.05, 4.69) is 20.8 Å². The molecule has 0 N–H and O–H groups in total. The monoisotopic (exact) mass is 343 g/mol. The van der Waals surface area contributed by atoms with Gasteiger partial charge in [0, 0.05) is 0 Å². The fourth-order valence-corrected chi connectivity index (χ4v) is 8.94. The first-order chi connectivity index (χ1) is 5.35. The van der Waals surface area contributed by atoms with E-state index in [1.54, 1.807) is 13.3 Å².